The molecule has 0 aliphatic rings. The fourth-order valence-corrected chi connectivity index (χ4v) is 3.34. The maximum Gasteiger partial charge on any atom is 0.257 e. The number of aromatic nitrogens is 1. The van der Waals surface area contributed by atoms with Crippen molar-refractivity contribution in [3.63, 3.8) is 0 Å². The first kappa shape index (κ1) is 23.3. The highest BCUT2D eigenvalue weighted by Crippen LogP contribution is 2.19. The number of halogens is 2. The molecular formula is C24H22BrFN4O2. The van der Waals surface area contributed by atoms with Gasteiger partial charge in [0.15, 0.2) is 5.78 Å². The van der Waals surface area contributed by atoms with Gasteiger partial charge < -0.3 is 10.2 Å². The van der Waals surface area contributed by atoms with E-state index in [9.17, 15) is 14.0 Å². The number of carbonyl (C=O) groups is 2. The van der Waals surface area contributed by atoms with Crippen molar-refractivity contribution in [2.75, 3.05) is 19.4 Å². The molecule has 0 saturated heterocycles. The molecule has 32 heavy (non-hydrogen) atoms. The van der Waals surface area contributed by atoms with E-state index in [2.05, 4.69) is 26.2 Å². The highest BCUT2D eigenvalue weighted by Gasteiger charge is 2.19. The molecule has 6 nitrogen and oxygen atoms in total. The molecule has 2 N–H and O–H groups in total. The van der Waals surface area contributed by atoms with E-state index in [0.29, 0.717) is 22.5 Å². The number of hydrogen-bond acceptors (Lipinski definition) is 4. The fourth-order valence-electron chi connectivity index (χ4n) is 3.10. The Morgan fingerprint density at radius 3 is 2.47 bits per heavy atom. The summed E-state index contributed by atoms with van der Waals surface area (Å²) in [6, 6.07) is 12.7. The van der Waals surface area contributed by atoms with E-state index in [0.717, 1.165) is 10.0 Å². The minimum atomic E-state index is -0.698. The molecule has 0 saturated carbocycles. The van der Waals surface area contributed by atoms with Crippen molar-refractivity contribution in [2.24, 2.45) is 0 Å². The number of rotatable bonds is 6. The quantitative estimate of drug-likeness (QED) is 0.290. The summed E-state index contributed by atoms with van der Waals surface area (Å²) in [6.07, 6.45) is 1.43. The molecule has 1 aromatic heterocycles. The van der Waals surface area contributed by atoms with Crippen molar-refractivity contribution in [2.45, 2.75) is 13.3 Å². The Kier molecular flexibility index (Phi) is 7.15. The lowest BCUT2D eigenvalue weighted by Crippen LogP contribution is -2.22. The largest absolute Gasteiger partial charge is 0.363 e. The third-order valence-corrected chi connectivity index (χ3v) is 5.29. The van der Waals surface area contributed by atoms with Crippen molar-refractivity contribution in [1.29, 1.82) is 5.41 Å². The Morgan fingerprint density at radius 2 is 1.84 bits per heavy atom. The molecule has 0 aliphatic carbocycles. The van der Waals surface area contributed by atoms with Gasteiger partial charge in [0.05, 0.1) is 5.56 Å². The van der Waals surface area contributed by atoms with Crippen LogP contribution in [0, 0.1) is 18.2 Å². The Labute approximate surface area is 194 Å². The first-order chi connectivity index (χ1) is 15.2. The lowest BCUT2D eigenvalue weighted by molar-refractivity contribution is 0.0988. The first-order valence-electron chi connectivity index (χ1n) is 9.77. The average Bonchev–Trinajstić information content (AvgIpc) is 2.75. The van der Waals surface area contributed by atoms with Crippen LogP contribution in [0.5, 0.6) is 0 Å². The van der Waals surface area contributed by atoms with E-state index in [4.69, 9.17) is 5.41 Å². The van der Waals surface area contributed by atoms with Gasteiger partial charge in [-0.05, 0) is 58.7 Å². The van der Waals surface area contributed by atoms with Gasteiger partial charge in [-0.1, -0.05) is 23.8 Å². The molecule has 0 unspecified atom stereocenters. The normalized spacial score (nSPS) is 10.5. The van der Waals surface area contributed by atoms with Crippen molar-refractivity contribution in [3.05, 3.63) is 92.8 Å². The molecular weight excluding hydrogens is 475 g/mol. The molecule has 0 aliphatic heterocycles. The van der Waals surface area contributed by atoms with Gasteiger partial charge in [0, 0.05) is 42.3 Å². The molecule has 0 atom stereocenters. The number of carbonyl (C=O) groups excluding carboxylic acids is 2. The van der Waals surface area contributed by atoms with Gasteiger partial charge in [-0.25, -0.2) is 9.37 Å². The molecule has 0 radical (unpaired) electrons. The Balaban J connectivity index is 1.84. The van der Waals surface area contributed by atoms with Crippen molar-refractivity contribution in [3.8, 4) is 0 Å². The Hall–Kier alpha value is -3.39. The molecule has 1 heterocycles. The maximum atomic E-state index is 14.6. The van der Waals surface area contributed by atoms with E-state index in [1.165, 1.54) is 12.1 Å². The van der Waals surface area contributed by atoms with E-state index >= 15 is 0 Å². The molecule has 2 aromatic carbocycles. The van der Waals surface area contributed by atoms with Crippen LogP contribution in [0.3, 0.4) is 0 Å². The predicted octanol–water partition coefficient (Wildman–Crippen LogP) is 4.86. The monoisotopic (exact) mass is 496 g/mol. The van der Waals surface area contributed by atoms with Crippen LogP contribution in [0.2, 0.25) is 0 Å². The van der Waals surface area contributed by atoms with Gasteiger partial charge in [-0.3, -0.25) is 15.0 Å². The van der Waals surface area contributed by atoms with Crippen LogP contribution >= 0.6 is 15.9 Å². The molecule has 1 amide bonds. The van der Waals surface area contributed by atoms with Gasteiger partial charge in [0.1, 0.15) is 17.5 Å². The Bertz CT molecular complexity index is 1190. The summed E-state index contributed by atoms with van der Waals surface area (Å²) in [5.74, 6) is -1.04. The second-order valence-corrected chi connectivity index (χ2v) is 8.43. The summed E-state index contributed by atoms with van der Waals surface area (Å²) in [6.45, 7) is 1.85. The summed E-state index contributed by atoms with van der Waals surface area (Å²) >= 11 is 3.29. The number of hydrogen-bond donors (Lipinski definition) is 2. The summed E-state index contributed by atoms with van der Waals surface area (Å²) in [5, 5.41) is 10.7. The molecule has 0 spiro atoms. The minimum absolute atomic E-state index is 0.0817. The van der Waals surface area contributed by atoms with Crippen molar-refractivity contribution >= 4 is 39.3 Å². The third-order valence-electron chi connectivity index (χ3n) is 4.82. The number of amidine groups is 1. The number of nitrogens with zero attached hydrogens (tertiary/aromatic N) is 2. The van der Waals surface area contributed by atoms with Crippen molar-refractivity contribution in [1.82, 2.24) is 9.88 Å². The topological polar surface area (TPSA) is 86.2 Å². The van der Waals surface area contributed by atoms with Gasteiger partial charge in [-0.15, -0.1) is 0 Å². The molecule has 164 valence electrons. The number of pyridine rings is 1. The fraction of sp³-hybridized carbons (Fsp3) is 0.167. The standard InChI is InChI=1S/C24H22BrFN4O2/c1-14-4-5-15(19(10-14)24(32)29-22-9-7-17(25)13-28-22)12-21(31)18-8-6-16(11-20(18)26)23(27)30(2)3/h4-11,13,27H,12H2,1-3H3,(H,28,29,32). The molecule has 0 bridgehead atoms. The number of aryl methyl sites for hydroxylation is 1. The van der Waals surface area contributed by atoms with Crippen LogP contribution in [0.25, 0.3) is 0 Å². The average molecular weight is 497 g/mol. The molecule has 3 aromatic rings. The highest BCUT2D eigenvalue weighted by molar-refractivity contribution is 9.10. The predicted molar refractivity (Wildman–Crippen MR) is 126 cm³/mol. The zero-order valence-electron chi connectivity index (χ0n) is 17.9. The van der Waals surface area contributed by atoms with E-state index in [1.807, 2.05) is 6.92 Å². The molecule has 0 fully saturated rings. The number of Topliss-reactive ketones (excluding diaryl/α,β-unsaturated/α-hetero) is 1. The molecule has 3 rings (SSSR count). The summed E-state index contributed by atoms with van der Waals surface area (Å²) in [7, 11) is 3.38. The van der Waals surface area contributed by atoms with E-state index in [1.54, 1.807) is 61.6 Å². The number of benzene rings is 2. The van der Waals surface area contributed by atoms with E-state index in [-0.39, 0.29) is 17.8 Å². The van der Waals surface area contributed by atoms with Crippen molar-refractivity contribution < 1.29 is 14.0 Å². The lowest BCUT2D eigenvalue weighted by atomic mass is 9.96. The maximum absolute atomic E-state index is 14.6. The number of ketones is 1. The number of anilines is 1. The summed E-state index contributed by atoms with van der Waals surface area (Å²) in [5.41, 5.74) is 1.96. The second-order valence-electron chi connectivity index (χ2n) is 7.51. The zero-order chi connectivity index (χ0) is 23.4. The highest BCUT2D eigenvalue weighted by atomic mass is 79.9. The van der Waals surface area contributed by atoms with Crippen LogP contribution in [0.4, 0.5) is 10.2 Å². The minimum Gasteiger partial charge on any atom is -0.363 e. The third kappa shape index (κ3) is 5.45. The van der Waals surface area contributed by atoms with Crippen LogP contribution in [0.15, 0.2) is 59.2 Å². The summed E-state index contributed by atoms with van der Waals surface area (Å²) in [4.78, 5) is 31.4. The summed E-state index contributed by atoms with van der Waals surface area (Å²) < 4.78 is 15.4. The van der Waals surface area contributed by atoms with Gasteiger partial charge in [0.2, 0.25) is 0 Å². The van der Waals surface area contributed by atoms with E-state index < -0.39 is 17.5 Å². The van der Waals surface area contributed by atoms with Crippen LogP contribution < -0.4 is 5.32 Å². The SMILES string of the molecule is Cc1ccc(CC(=O)c2ccc(C(=N)N(C)C)cc2F)c(C(=O)Nc2ccc(Br)cn2)c1. The second kappa shape index (κ2) is 9.82. The lowest BCUT2D eigenvalue weighted by Gasteiger charge is -2.14. The van der Waals surface area contributed by atoms with Crippen LogP contribution in [-0.2, 0) is 6.42 Å². The van der Waals surface area contributed by atoms with Gasteiger partial charge in [0.25, 0.3) is 5.91 Å². The van der Waals surface area contributed by atoms with Gasteiger partial charge in [-0.2, -0.15) is 0 Å². The molecule has 8 heteroatoms. The van der Waals surface area contributed by atoms with Crippen LogP contribution in [-0.4, -0.2) is 41.5 Å². The first-order valence-corrected chi connectivity index (χ1v) is 10.6. The smallest absolute Gasteiger partial charge is 0.257 e. The Morgan fingerprint density at radius 1 is 1.09 bits per heavy atom. The number of nitrogens with one attached hydrogen (secondary N) is 2. The van der Waals surface area contributed by atoms with Gasteiger partial charge >= 0.3 is 0 Å². The zero-order valence-corrected chi connectivity index (χ0v) is 19.5. The van der Waals surface area contributed by atoms with Crippen LogP contribution in [0.1, 0.15) is 37.4 Å². The number of amides is 1.